The maximum atomic E-state index is 11.8. The summed E-state index contributed by atoms with van der Waals surface area (Å²) in [7, 11) is 3.11. The molecule has 0 saturated carbocycles. The number of piperidine rings is 1. The minimum absolute atomic E-state index is 0.0421. The summed E-state index contributed by atoms with van der Waals surface area (Å²) in [6.07, 6.45) is 2.04. The molecular formula is C11H22N2O3. The fraction of sp³-hybridized carbons (Fsp3) is 0.909. The molecule has 1 heterocycles. The van der Waals surface area contributed by atoms with Crippen LogP contribution in [0.25, 0.3) is 0 Å². The van der Waals surface area contributed by atoms with E-state index >= 15 is 0 Å². The number of carbonyl (C=O) groups is 1. The number of hydrogen-bond donors (Lipinski definition) is 1. The molecule has 1 aliphatic heterocycles. The lowest BCUT2D eigenvalue weighted by molar-refractivity contribution is -0.173. The second-order valence-electron chi connectivity index (χ2n) is 4.36. The van der Waals surface area contributed by atoms with Gasteiger partial charge in [-0.3, -0.25) is 9.63 Å². The number of ether oxygens (including phenoxy) is 1. The molecule has 2 atom stereocenters. The highest BCUT2D eigenvalue weighted by Gasteiger charge is 2.29. The average Bonchev–Trinajstić information content (AvgIpc) is 2.26. The Morgan fingerprint density at radius 2 is 2.19 bits per heavy atom. The number of nitrogens with one attached hydrogen (secondary N) is 1. The lowest BCUT2D eigenvalue weighted by Crippen LogP contribution is -2.50. The molecule has 94 valence electrons. The lowest BCUT2D eigenvalue weighted by Gasteiger charge is -2.32. The number of hydrogen-bond acceptors (Lipinski definition) is 4. The number of hydroxylamine groups is 2. The molecule has 0 aromatic carbocycles. The topological polar surface area (TPSA) is 50.8 Å². The molecule has 16 heavy (non-hydrogen) atoms. The molecule has 5 heteroatoms. The summed E-state index contributed by atoms with van der Waals surface area (Å²) in [5, 5.41) is 4.45. The highest BCUT2D eigenvalue weighted by Crippen LogP contribution is 2.15. The van der Waals surface area contributed by atoms with Crippen LogP contribution in [0.3, 0.4) is 0 Å². The van der Waals surface area contributed by atoms with Crippen molar-refractivity contribution in [1.29, 1.82) is 0 Å². The summed E-state index contributed by atoms with van der Waals surface area (Å²) < 4.78 is 5.73. The summed E-state index contributed by atoms with van der Waals surface area (Å²) in [6.45, 7) is 4.84. The van der Waals surface area contributed by atoms with Crippen LogP contribution in [-0.4, -0.2) is 49.9 Å². The molecule has 5 nitrogen and oxygen atoms in total. The van der Waals surface area contributed by atoms with E-state index in [0.29, 0.717) is 6.42 Å². The van der Waals surface area contributed by atoms with Crippen LogP contribution in [0.5, 0.6) is 0 Å². The first-order valence-electron chi connectivity index (χ1n) is 5.75. The Kier molecular flexibility index (Phi) is 5.18. The molecule has 0 aromatic heterocycles. The third-order valence-corrected chi connectivity index (χ3v) is 2.70. The van der Waals surface area contributed by atoms with E-state index in [1.165, 1.54) is 12.2 Å². The Labute approximate surface area is 97.0 Å². The van der Waals surface area contributed by atoms with E-state index in [9.17, 15) is 4.79 Å². The molecule has 1 rings (SSSR count). The van der Waals surface area contributed by atoms with Gasteiger partial charge in [0.2, 0.25) is 0 Å². The SMILES string of the molecule is CON(C)C(=O)C1CC(OC(C)C)CCN1. The maximum absolute atomic E-state index is 11.8. The first-order valence-corrected chi connectivity index (χ1v) is 5.75. The number of carbonyl (C=O) groups excluding carboxylic acids is 1. The fourth-order valence-electron chi connectivity index (χ4n) is 1.89. The van der Waals surface area contributed by atoms with Crippen molar-refractivity contribution < 1.29 is 14.4 Å². The van der Waals surface area contributed by atoms with Crippen LogP contribution in [0.4, 0.5) is 0 Å². The summed E-state index contributed by atoms with van der Waals surface area (Å²) >= 11 is 0. The Morgan fingerprint density at radius 1 is 1.50 bits per heavy atom. The van der Waals surface area contributed by atoms with Gasteiger partial charge < -0.3 is 10.1 Å². The Morgan fingerprint density at radius 3 is 2.75 bits per heavy atom. The van der Waals surface area contributed by atoms with Gasteiger partial charge in [0.05, 0.1) is 25.4 Å². The van der Waals surface area contributed by atoms with Crippen LogP contribution in [0.1, 0.15) is 26.7 Å². The number of likely N-dealkylation sites (N-methyl/N-ethyl adjacent to an activating group) is 1. The molecule has 0 aromatic rings. The predicted molar refractivity (Wildman–Crippen MR) is 60.8 cm³/mol. The van der Waals surface area contributed by atoms with E-state index in [0.717, 1.165) is 13.0 Å². The number of amides is 1. The van der Waals surface area contributed by atoms with Crippen LogP contribution in [0.2, 0.25) is 0 Å². The van der Waals surface area contributed by atoms with Crippen molar-refractivity contribution in [3.05, 3.63) is 0 Å². The van der Waals surface area contributed by atoms with Gasteiger partial charge >= 0.3 is 0 Å². The Balaban J connectivity index is 2.46. The summed E-state index contributed by atoms with van der Waals surface area (Å²) in [5.74, 6) is -0.0421. The molecule has 1 N–H and O–H groups in total. The third-order valence-electron chi connectivity index (χ3n) is 2.70. The van der Waals surface area contributed by atoms with Gasteiger partial charge in [-0.2, -0.15) is 0 Å². The van der Waals surface area contributed by atoms with E-state index < -0.39 is 0 Å². The zero-order valence-corrected chi connectivity index (χ0v) is 10.5. The van der Waals surface area contributed by atoms with E-state index in [-0.39, 0.29) is 24.2 Å². The molecule has 1 aliphatic rings. The average molecular weight is 230 g/mol. The van der Waals surface area contributed by atoms with Crippen LogP contribution in [0, 0.1) is 0 Å². The Bertz CT molecular complexity index is 233. The van der Waals surface area contributed by atoms with Crippen LogP contribution >= 0.6 is 0 Å². The van der Waals surface area contributed by atoms with Crippen molar-refractivity contribution in [3.8, 4) is 0 Å². The van der Waals surface area contributed by atoms with Gasteiger partial charge in [-0.1, -0.05) is 0 Å². The van der Waals surface area contributed by atoms with Crippen LogP contribution in [0.15, 0.2) is 0 Å². The van der Waals surface area contributed by atoms with Crippen LogP contribution in [-0.2, 0) is 14.4 Å². The molecule has 1 saturated heterocycles. The van der Waals surface area contributed by atoms with E-state index in [2.05, 4.69) is 5.32 Å². The van der Waals surface area contributed by atoms with E-state index in [1.54, 1.807) is 7.05 Å². The minimum atomic E-state index is -0.192. The molecular weight excluding hydrogens is 208 g/mol. The van der Waals surface area contributed by atoms with Gasteiger partial charge in [-0.25, -0.2) is 5.06 Å². The maximum Gasteiger partial charge on any atom is 0.263 e. The minimum Gasteiger partial charge on any atom is -0.375 e. The van der Waals surface area contributed by atoms with Gasteiger partial charge in [-0.15, -0.1) is 0 Å². The second-order valence-corrected chi connectivity index (χ2v) is 4.36. The Hall–Kier alpha value is -0.650. The standard InChI is InChI=1S/C11H22N2O3/c1-8(2)16-9-5-6-12-10(7-9)11(14)13(3)15-4/h8-10,12H,5-7H2,1-4H3. The molecule has 0 bridgehead atoms. The van der Waals surface area contributed by atoms with Gasteiger partial charge in [0.25, 0.3) is 5.91 Å². The van der Waals surface area contributed by atoms with Crippen molar-refractivity contribution in [2.24, 2.45) is 0 Å². The van der Waals surface area contributed by atoms with Crippen molar-refractivity contribution in [2.75, 3.05) is 20.7 Å². The van der Waals surface area contributed by atoms with E-state index in [4.69, 9.17) is 9.57 Å². The summed E-state index contributed by atoms with van der Waals surface area (Å²) in [5.41, 5.74) is 0. The van der Waals surface area contributed by atoms with Gasteiger partial charge in [0.15, 0.2) is 0 Å². The third kappa shape index (κ3) is 3.73. The number of rotatable bonds is 4. The van der Waals surface area contributed by atoms with Gasteiger partial charge in [-0.05, 0) is 33.2 Å². The zero-order chi connectivity index (χ0) is 12.1. The molecule has 2 unspecified atom stereocenters. The van der Waals surface area contributed by atoms with Gasteiger partial charge in [0.1, 0.15) is 0 Å². The van der Waals surface area contributed by atoms with Crippen LogP contribution < -0.4 is 5.32 Å². The van der Waals surface area contributed by atoms with Crippen molar-refractivity contribution in [3.63, 3.8) is 0 Å². The summed E-state index contributed by atoms with van der Waals surface area (Å²) in [4.78, 5) is 16.7. The zero-order valence-electron chi connectivity index (χ0n) is 10.5. The fourth-order valence-corrected chi connectivity index (χ4v) is 1.89. The van der Waals surface area contributed by atoms with E-state index in [1.807, 2.05) is 13.8 Å². The molecule has 0 aliphatic carbocycles. The predicted octanol–water partition coefficient (Wildman–Crippen LogP) is 0.552. The summed E-state index contributed by atoms with van der Waals surface area (Å²) in [6, 6.07) is -0.192. The highest BCUT2D eigenvalue weighted by atomic mass is 16.7. The largest absolute Gasteiger partial charge is 0.375 e. The van der Waals surface area contributed by atoms with Crippen molar-refractivity contribution in [2.45, 2.75) is 44.9 Å². The van der Waals surface area contributed by atoms with Gasteiger partial charge in [0, 0.05) is 7.05 Å². The second kappa shape index (κ2) is 6.18. The molecule has 0 spiro atoms. The first kappa shape index (κ1) is 13.4. The first-order chi connectivity index (χ1) is 7.54. The molecule has 1 amide bonds. The monoisotopic (exact) mass is 230 g/mol. The molecule has 0 radical (unpaired) electrons. The highest BCUT2D eigenvalue weighted by molar-refractivity contribution is 5.80. The lowest BCUT2D eigenvalue weighted by atomic mass is 10.0. The quantitative estimate of drug-likeness (QED) is 0.717. The van der Waals surface area contributed by atoms with Crippen molar-refractivity contribution in [1.82, 2.24) is 10.4 Å². The smallest absolute Gasteiger partial charge is 0.263 e. The number of nitrogens with zero attached hydrogens (tertiary/aromatic N) is 1. The normalized spacial score (nSPS) is 25.8. The van der Waals surface area contributed by atoms with Crippen molar-refractivity contribution >= 4 is 5.91 Å². The molecule has 1 fully saturated rings.